The summed E-state index contributed by atoms with van der Waals surface area (Å²) in [7, 11) is 0. The molecule has 0 bridgehead atoms. The van der Waals surface area contributed by atoms with Crippen molar-refractivity contribution in [3.8, 4) is 0 Å². The number of aliphatic hydroxyl groups excluding tert-OH is 1. The molecule has 2 heterocycles. The first-order valence-corrected chi connectivity index (χ1v) is 8.62. The third-order valence-corrected chi connectivity index (χ3v) is 5.34. The van der Waals surface area contributed by atoms with E-state index in [1.54, 1.807) is 0 Å². The quantitative estimate of drug-likeness (QED) is 0.922. The number of aliphatic hydroxyl groups is 1. The van der Waals surface area contributed by atoms with Crippen LogP contribution < -0.4 is 4.90 Å². The number of para-hydroxylation sites is 1. The standard InChI is InChI=1S/C16H22N2O2S/c19-9-6-13-5-7-17(11-13)12-16(20)18-8-10-21-15-4-2-1-3-14(15)18/h1-4,13,19H,5-12H2. The van der Waals surface area contributed by atoms with Gasteiger partial charge in [0.15, 0.2) is 0 Å². The fraction of sp³-hybridized carbons (Fsp3) is 0.562. The molecule has 114 valence electrons. The highest BCUT2D eigenvalue weighted by atomic mass is 32.2. The van der Waals surface area contributed by atoms with Gasteiger partial charge in [0.25, 0.3) is 0 Å². The van der Waals surface area contributed by atoms with E-state index in [4.69, 9.17) is 5.11 Å². The molecule has 1 fully saturated rings. The summed E-state index contributed by atoms with van der Waals surface area (Å²) in [5.74, 6) is 1.72. The largest absolute Gasteiger partial charge is 0.396 e. The molecule has 1 unspecified atom stereocenters. The molecule has 5 heteroatoms. The smallest absolute Gasteiger partial charge is 0.241 e. The minimum absolute atomic E-state index is 0.201. The molecule has 0 saturated carbocycles. The van der Waals surface area contributed by atoms with E-state index in [0.29, 0.717) is 12.5 Å². The van der Waals surface area contributed by atoms with Crippen molar-refractivity contribution >= 4 is 23.4 Å². The summed E-state index contributed by atoms with van der Waals surface area (Å²) in [6, 6.07) is 8.16. The van der Waals surface area contributed by atoms with Crippen LogP contribution in [-0.2, 0) is 4.79 Å². The second-order valence-electron chi connectivity index (χ2n) is 5.76. The van der Waals surface area contributed by atoms with Crippen molar-refractivity contribution in [3.63, 3.8) is 0 Å². The van der Waals surface area contributed by atoms with Crippen LogP contribution >= 0.6 is 11.8 Å². The number of thioether (sulfide) groups is 1. The van der Waals surface area contributed by atoms with E-state index >= 15 is 0 Å². The monoisotopic (exact) mass is 306 g/mol. The first-order valence-electron chi connectivity index (χ1n) is 7.63. The predicted octanol–water partition coefficient (Wildman–Crippen LogP) is 1.83. The molecular weight excluding hydrogens is 284 g/mol. The van der Waals surface area contributed by atoms with Gasteiger partial charge >= 0.3 is 0 Å². The van der Waals surface area contributed by atoms with Crippen LogP contribution in [0.3, 0.4) is 0 Å². The van der Waals surface area contributed by atoms with E-state index in [1.165, 1.54) is 4.90 Å². The summed E-state index contributed by atoms with van der Waals surface area (Å²) in [4.78, 5) is 18.0. The highest BCUT2D eigenvalue weighted by Gasteiger charge is 2.27. The van der Waals surface area contributed by atoms with Crippen LogP contribution in [0.1, 0.15) is 12.8 Å². The second kappa shape index (κ2) is 6.81. The zero-order chi connectivity index (χ0) is 14.7. The van der Waals surface area contributed by atoms with Gasteiger partial charge in [0.1, 0.15) is 0 Å². The molecular formula is C16H22N2O2S. The summed E-state index contributed by atoms with van der Waals surface area (Å²) in [6.07, 6.45) is 1.95. The van der Waals surface area contributed by atoms with Gasteiger partial charge in [-0.2, -0.15) is 0 Å². The van der Waals surface area contributed by atoms with Crippen LogP contribution in [0.25, 0.3) is 0 Å². The number of amides is 1. The van der Waals surface area contributed by atoms with E-state index in [0.717, 1.165) is 43.9 Å². The zero-order valence-electron chi connectivity index (χ0n) is 12.2. The van der Waals surface area contributed by atoms with Gasteiger partial charge in [-0.25, -0.2) is 0 Å². The number of anilines is 1. The van der Waals surface area contributed by atoms with Crippen LogP contribution in [0, 0.1) is 5.92 Å². The minimum atomic E-state index is 0.201. The second-order valence-corrected chi connectivity index (χ2v) is 6.90. The number of hydrogen-bond donors (Lipinski definition) is 1. The lowest BCUT2D eigenvalue weighted by molar-refractivity contribution is -0.119. The van der Waals surface area contributed by atoms with Crippen molar-refractivity contribution in [2.75, 3.05) is 43.4 Å². The fourth-order valence-corrected chi connectivity index (χ4v) is 4.17. The van der Waals surface area contributed by atoms with Gasteiger partial charge in [-0.15, -0.1) is 11.8 Å². The number of carbonyl (C=O) groups is 1. The fourth-order valence-electron chi connectivity index (χ4n) is 3.18. The first-order chi connectivity index (χ1) is 10.3. The molecule has 1 N–H and O–H groups in total. The highest BCUT2D eigenvalue weighted by molar-refractivity contribution is 7.99. The topological polar surface area (TPSA) is 43.8 Å². The molecule has 0 spiro atoms. The van der Waals surface area contributed by atoms with E-state index in [-0.39, 0.29) is 12.5 Å². The summed E-state index contributed by atoms with van der Waals surface area (Å²) in [6.45, 7) is 3.47. The first kappa shape index (κ1) is 14.9. The normalized spacial score (nSPS) is 22.3. The molecule has 0 aromatic heterocycles. The van der Waals surface area contributed by atoms with Crippen LogP contribution in [-0.4, -0.2) is 54.5 Å². The van der Waals surface area contributed by atoms with Crippen molar-refractivity contribution in [1.82, 2.24) is 4.90 Å². The van der Waals surface area contributed by atoms with Crippen LogP contribution in [0.5, 0.6) is 0 Å². The van der Waals surface area contributed by atoms with Gasteiger partial charge in [0.05, 0.1) is 12.2 Å². The highest BCUT2D eigenvalue weighted by Crippen LogP contribution is 2.34. The Balaban J connectivity index is 1.62. The molecule has 1 amide bonds. The summed E-state index contributed by atoms with van der Waals surface area (Å²) in [5.41, 5.74) is 1.06. The van der Waals surface area contributed by atoms with Crippen molar-refractivity contribution in [2.24, 2.45) is 5.92 Å². The third-order valence-electron chi connectivity index (χ3n) is 4.30. The lowest BCUT2D eigenvalue weighted by Gasteiger charge is -2.30. The van der Waals surface area contributed by atoms with Gasteiger partial charge < -0.3 is 10.0 Å². The van der Waals surface area contributed by atoms with Crippen LogP contribution in [0.4, 0.5) is 5.69 Å². The van der Waals surface area contributed by atoms with Crippen LogP contribution in [0.2, 0.25) is 0 Å². The molecule has 21 heavy (non-hydrogen) atoms. The Morgan fingerprint density at radius 1 is 1.33 bits per heavy atom. The number of carbonyl (C=O) groups excluding carboxylic acids is 1. The van der Waals surface area contributed by atoms with Gasteiger partial charge in [-0.1, -0.05) is 12.1 Å². The minimum Gasteiger partial charge on any atom is -0.396 e. The number of nitrogens with zero attached hydrogens (tertiary/aromatic N) is 2. The molecule has 0 radical (unpaired) electrons. The van der Waals surface area contributed by atoms with Gasteiger partial charge in [-0.05, 0) is 37.4 Å². The Bertz CT molecular complexity index is 509. The van der Waals surface area contributed by atoms with Gasteiger partial charge in [-0.3, -0.25) is 9.69 Å². The van der Waals surface area contributed by atoms with E-state index in [2.05, 4.69) is 11.0 Å². The Hall–Kier alpha value is -1.04. The molecule has 1 atom stereocenters. The predicted molar refractivity (Wildman–Crippen MR) is 85.8 cm³/mol. The number of hydrogen-bond acceptors (Lipinski definition) is 4. The summed E-state index contributed by atoms with van der Waals surface area (Å²) >= 11 is 1.82. The molecule has 3 rings (SSSR count). The van der Waals surface area contributed by atoms with Crippen molar-refractivity contribution in [1.29, 1.82) is 0 Å². The van der Waals surface area contributed by atoms with Crippen molar-refractivity contribution in [3.05, 3.63) is 24.3 Å². The van der Waals surface area contributed by atoms with Gasteiger partial charge in [0, 0.05) is 30.3 Å². The molecule has 1 aromatic carbocycles. The maximum atomic E-state index is 12.6. The average molecular weight is 306 g/mol. The van der Waals surface area contributed by atoms with E-state index in [9.17, 15) is 4.79 Å². The van der Waals surface area contributed by atoms with E-state index < -0.39 is 0 Å². The number of benzene rings is 1. The van der Waals surface area contributed by atoms with Crippen molar-refractivity contribution < 1.29 is 9.90 Å². The van der Waals surface area contributed by atoms with E-state index in [1.807, 2.05) is 34.9 Å². The SMILES string of the molecule is O=C(CN1CCC(CCO)C1)N1CCSc2ccccc21. The Morgan fingerprint density at radius 3 is 3.05 bits per heavy atom. The Kier molecular flexibility index (Phi) is 4.83. The molecule has 0 aliphatic carbocycles. The molecule has 2 aliphatic heterocycles. The molecule has 1 saturated heterocycles. The molecule has 1 aromatic rings. The molecule has 4 nitrogen and oxygen atoms in total. The van der Waals surface area contributed by atoms with Crippen LogP contribution in [0.15, 0.2) is 29.2 Å². The van der Waals surface area contributed by atoms with Crippen molar-refractivity contribution in [2.45, 2.75) is 17.7 Å². The maximum absolute atomic E-state index is 12.6. The molecule has 2 aliphatic rings. The third kappa shape index (κ3) is 3.42. The maximum Gasteiger partial charge on any atom is 0.241 e. The van der Waals surface area contributed by atoms with Gasteiger partial charge in [0.2, 0.25) is 5.91 Å². The Morgan fingerprint density at radius 2 is 2.19 bits per heavy atom. The Labute approximate surface area is 130 Å². The summed E-state index contributed by atoms with van der Waals surface area (Å²) in [5, 5.41) is 9.01. The summed E-state index contributed by atoms with van der Waals surface area (Å²) < 4.78 is 0. The lowest BCUT2D eigenvalue weighted by Crippen LogP contribution is -2.42. The number of rotatable bonds is 4. The zero-order valence-corrected chi connectivity index (χ0v) is 13.0. The number of fused-ring (bicyclic) bond motifs is 1. The number of likely N-dealkylation sites (tertiary alicyclic amines) is 1. The average Bonchev–Trinajstić information content (AvgIpc) is 2.94. The lowest BCUT2D eigenvalue weighted by atomic mass is 10.1.